The minimum absolute atomic E-state index is 0.00627. The molecule has 2 nitrogen and oxygen atoms in total. The van der Waals surface area contributed by atoms with Crippen molar-refractivity contribution in [1.82, 2.24) is 5.32 Å². The summed E-state index contributed by atoms with van der Waals surface area (Å²) < 4.78 is 0. The van der Waals surface area contributed by atoms with E-state index in [-0.39, 0.29) is 5.44 Å². The highest BCUT2D eigenvalue weighted by Gasteiger charge is 2.33. The van der Waals surface area contributed by atoms with Crippen LogP contribution in [0.1, 0.15) is 58.8 Å². The van der Waals surface area contributed by atoms with Gasteiger partial charge in [0.1, 0.15) is 7.28 Å². The van der Waals surface area contributed by atoms with Crippen LogP contribution in [0.15, 0.2) is 0 Å². The topological polar surface area (TPSA) is 29.1 Å². The van der Waals surface area contributed by atoms with Gasteiger partial charge < -0.3 is 5.32 Å². The van der Waals surface area contributed by atoms with Crippen molar-refractivity contribution in [2.75, 3.05) is 0 Å². The van der Waals surface area contributed by atoms with Crippen molar-refractivity contribution >= 4 is 13.7 Å². The number of carbonyl (C=O) groups excluding carboxylic acids is 1. The molecular formula is C12H23BNO. The van der Waals surface area contributed by atoms with Gasteiger partial charge in [-0.25, -0.2) is 0 Å². The summed E-state index contributed by atoms with van der Waals surface area (Å²) in [6, 6.07) is 0. The van der Waals surface area contributed by atoms with Gasteiger partial charge in [0, 0.05) is 5.44 Å². The first-order chi connectivity index (χ1) is 7.22. The molecule has 15 heavy (non-hydrogen) atoms. The van der Waals surface area contributed by atoms with Gasteiger partial charge >= 0.3 is 0 Å². The summed E-state index contributed by atoms with van der Waals surface area (Å²) in [7, 11) is 2.38. The van der Waals surface area contributed by atoms with Crippen LogP contribution in [0.5, 0.6) is 0 Å². The van der Waals surface area contributed by atoms with Gasteiger partial charge in [0.2, 0.25) is 6.41 Å². The molecule has 0 bridgehead atoms. The molecule has 0 spiro atoms. The van der Waals surface area contributed by atoms with Crippen LogP contribution in [-0.4, -0.2) is 19.1 Å². The number of hydrogen-bond acceptors (Lipinski definition) is 1. The Hall–Kier alpha value is -0.465. The number of rotatable bonds is 5. The van der Waals surface area contributed by atoms with E-state index in [0.29, 0.717) is 5.82 Å². The number of nitrogens with one attached hydrogen (secondary N) is 1. The number of carbonyl (C=O) groups is 1. The molecule has 1 fully saturated rings. The molecule has 1 aliphatic rings. The quantitative estimate of drug-likeness (QED) is 0.546. The Bertz CT molecular complexity index is 198. The Kier molecular flexibility index (Phi) is 5.20. The molecule has 1 N–H and O–H groups in total. The normalized spacial score (nSPS) is 31.5. The van der Waals surface area contributed by atoms with E-state index >= 15 is 0 Å². The predicted octanol–water partition coefficient (Wildman–Crippen LogP) is 2.71. The van der Waals surface area contributed by atoms with Crippen LogP contribution >= 0.6 is 0 Å². The Morgan fingerprint density at radius 2 is 2.33 bits per heavy atom. The zero-order valence-corrected chi connectivity index (χ0v) is 10.1. The Morgan fingerprint density at radius 1 is 1.53 bits per heavy atom. The van der Waals surface area contributed by atoms with E-state index in [0.717, 1.165) is 19.3 Å². The first-order valence-corrected chi connectivity index (χ1v) is 6.30. The largest absolute Gasteiger partial charge is 0.361 e. The minimum Gasteiger partial charge on any atom is -0.361 e. The standard InChI is InChI=1S/C12H23BNO/c1-3-4-8-12(14-10-15)9-6-5-7-11(2)13-12/h10-11H,3-9H2,1-2H3,(H,14,15). The number of amides is 1. The first kappa shape index (κ1) is 12.6. The van der Waals surface area contributed by atoms with E-state index in [4.69, 9.17) is 0 Å². The molecule has 1 heterocycles. The smallest absolute Gasteiger partial charge is 0.206 e. The van der Waals surface area contributed by atoms with Gasteiger partial charge in [0.25, 0.3) is 0 Å². The zero-order valence-electron chi connectivity index (χ0n) is 10.1. The molecule has 0 aromatic heterocycles. The van der Waals surface area contributed by atoms with Crippen LogP contribution in [0.4, 0.5) is 0 Å². The molecule has 1 aliphatic heterocycles. The maximum Gasteiger partial charge on any atom is 0.206 e. The summed E-state index contributed by atoms with van der Waals surface area (Å²) in [6.07, 6.45) is 9.31. The van der Waals surface area contributed by atoms with Crippen molar-refractivity contribution < 1.29 is 4.79 Å². The van der Waals surface area contributed by atoms with Gasteiger partial charge in [-0.2, -0.15) is 0 Å². The van der Waals surface area contributed by atoms with Crippen LogP contribution in [0.2, 0.25) is 5.82 Å². The second kappa shape index (κ2) is 6.19. The summed E-state index contributed by atoms with van der Waals surface area (Å²) in [5, 5.41) is 3.07. The third kappa shape index (κ3) is 3.88. The molecule has 3 heteroatoms. The molecule has 0 saturated carbocycles. The van der Waals surface area contributed by atoms with Crippen LogP contribution in [0.3, 0.4) is 0 Å². The van der Waals surface area contributed by atoms with E-state index in [2.05, 4.69) is 26.4 Å². The lowest BCUT2D eigenvalue weighted by molar-refractivity contribution is -0.110. The van der Waals surface area contributed by atoms with E-state index in [1.165, 1.54) is 32.1 Å². The van der Waals surface area contributed by atoms with Crippen molar-refractivity contribution in [1.29, 1.82) is 0 Å². The average molecular weight is 208 g/mol. The van der Waals surface area contributed by atoms with Crippen molar-refractivity contribution in [3.05, 3.63) is 0 Å². The van der Waals surface area contributed by atoms with Gasteiger partial charge in [0.05, 0.1) is 0 Å². The molecule has 1 saturated heterocycles. The van der Waals surface area contributed by atoms with E-state index < -0.39 is 0 Å². The third-order valence-corrected chi connectivity index (χ3v) is 3.46. The molecule has 1 radical (unpaired) electrons. The van der Waals surface area contributed by atoms with E-state index in [9.17, 15) is 4.79 Å². The van der Waals surface area contributed by atoms with Gasteiger partial charge in [-0.15, -0.1) is 0 Å². The molecule has 0 aromatic carbocycles. The Balaban J connectivity index is 2.62. The van der Waals surface area contributed by atoms with Crippen LogP contribution in [-0.2, 0) is 4.79 Å². The second-order valence-corrected chi connectivity index (χ2v) is 4.91. The van der Waals surface area contributed by atoms with E-state index in [1.807, 2.05) is 0 Å². The Morgan fingerprint density at radius 3 is 3.00 bits per heavy atom. The highest BCUT2D eigenvalue weighted by Crippen LogP contribution is 2.30. The fourth-order valence-electron chi connectivity index (χ4n) is 2.63. The lowest BCUT2D eigenvalue weighted by Gasteiger charge is -2.33. The lowest BCUT2D eigenvalue weighted by atomic mass is 9.48. The van der Waals surface area contributed by atoms with Gasteiger partial charge in [-0.1, -0.05) is 51.8 Å². The molecule has 2 unspecified atom stereocenters. The molecule has 1 amide bonds. The summed E-state index contributed by atoms with van der Waals surface area (Å²) >= 11 is 0. The van der Waals surface area contributed by atoms with Crippen molar-refractivity contribution in [2.24, 2.45) is 0 Å². The Labute approximate surface area is 94.4 Å². The zero-order chi connectivity index (χ0) is 11.1. The number of hydrogen-bond donors (Lipinski definition) is 1. The first-order valence-electron chi connectivity index (χ1n) is 6.30. The van der Waals surface area contributed by atoms with Gasteiger partial charge in [-0.3, -0.25) is 4.79 Å². The van der Waals surface area contributed by atoms with Gasteiger partial charge in [0.15, 0.2) is 0 Å². The summed E-state index contributed by atoms with van der Waals surface area (Å²) in [6.45, 7) is 4.47. The molecular weight excluding hydrogens is 185 g/mol. The SMILES string of the molecule is CCCCC1(NC=O)[B]C(C)CCCC1. The fraction of sp³-hybridized carbons (Fsp3) is 0.917. The van der Waals surface area contributed by atoms with E-state index in [1.54, 1.807) is 0 Å². The second-order valence-electron chi connectivity index (χ2n) is 4.91. The number of unbranched alkanes of at least 4 members (excludes halogenated alkanes) is 1. The maximum absolute atomic E-state index is 10.7. The minimum atomic E-state index is -0.00627. The van der Waals surface area contributed by atoms with Crippen molar-refractivity contribution in [3.8, 4) is 0 Å². The average Bonchev–Trinajstić information content (AvgIpc) is 2.39. The molecule has 0 aromatic rings. The van der Waals surface area contributed by atoms with Gasteiger partial charge in [-0.05, 0) is 12.8 Å². The molecule has 85 valence electrons. The van der Waals surface area contributed by atoms with Crippen LogP contribution in [0, 0.1) is 0 Å². The highest BCUT2D eigenvalue weighted by molar-refractivity contribution is 6.42. The summed E-state index contributed by atoms with van der Waals surface area (Å²) in [5.74, 6) is 0.636. The third-order valence-electron chi connectivity index (χ3n) is 3.46. The van der Waals surface area contributed by atoms with Crippen molar-refractivity contribution in [3.63, 3.8) is 0 Å². The van der Waals surface area contributed by atoms with Crippen molar-refractivity contribution in [2.45, 2.75) is 70.0 Å². The van der Waals surface area contributed by atoms with Crippen LogP contribution in [0.25, 0.3) is 0 Å². The lowest BCUT2D eigenvalue weighted by Crippen LogP contribution is -2.50. The summed E-state index contributed by atoms with van der Waals surface area (Å²) in [4.78, 5) is 10.7. The fourth-order valence-corrected chi connectivity index (χ4v) is 2.63. The molecule has 0 aliphatic carbocycles. The maximum atomic E-state index is 10.7. The monoisotopic (exact) mass is 208 g/mol. The predicted molar refractivity (Wildman–Crippen MR) is 65.1 cm³/mol. The van der Waals surface area contributed by atoms with Crippen LogP contribution < -0.4 is 5.32 Å². The summed E-state index contributed by atoms with van der Waals surface area (Å²) in [5.41, 5.74) is -0.00627. The molecule has 2 atom stereocenters. The molecule has 1 rings (SSSR count). The highest BCUT2D eigenvalue weighted by atomic mass is 16.1.